The Morgan fingerprint density at radius 1 is 0.923 bits per heavy atom. The van der Waals surface area contributed by atoms with Crippen LogP contribution in [0.1, 0.15) is 18.1 Å². The van der Waals surface area contributed by atoms with E-state index in [-0.39, 0.29) is 28.7 Å². The monoisotopic (exact) mass is 613 g/mol. The molecule has 0 aliphatic rings. The van der Waals surface area contributed by atoms with E-state index < -0.39 is 40.2 Å². The lowest BCUT2D eigenvalue weighted by Gasteiger charge is -2.33. The third-order valence-electron chi connectivity index (χ3n) is 5.83. The van der Waals surface area contributed by atoms with Gasteiger partial charge in [-0.15, -0.1) is 0 Å². The Morgan fingerprint density at radius 2 is 1.62 bits per heavy atom. The molecular weight excluding hydrogens is 588 g/mol. The zero-order chi connectivity index (χ0) is 28.7. The van der Waals surface area contributed by atoms with Gasteiger partial charge in [-0.3, -0.25) is 13.9 Å². The molecule has 0 aromatic heterocycles. The highest BCUT2D eigenvalue weighted by atomic mass is 35.5. The van der Waals surface area contributed by atoms with Crippen molar-refractivity contribution in [3.63, 3.8) is 0 Å². The number of rotatable bonds is 11. The summed E-state index contributed by atoms with van der Waals surface area (Å²) in [4.78, 5) is 28.5. The summed E-state index contributed by atoms with van der Waals surface area (Å²) in [5.74, 6) is -1.81. The average molecular weight is 615 g/mol. The van der Waals surface area contributed by atoms with Crippen LogP contribution in [-0.4, -0.2) is 50.5 Å². The van der Waals surface area contributed by atoms with Crippen molar-refractivity contribution in [2.24, 2.45) is 0 Å². The van der Waals surface area contributed by atoms with E-state index in [1.54, 1.807) is 25.1 Å². The van der Waals surface area contributed by atoms with E-state index in [4.69, 9.17) is 34.8 Å². The van der Waals surface area contributed by atoms with E-state index in [9.17, 15) is 22.4 Å². The quantitative estimate of drug-likeness (QED) is 0.317. The molecule has 1 atom stereocenters. The van der Waals surface area contributed by atoms with Crippen molar-refractivity contribution in [1.82, 2.24) is 10.2 Å². The Hall–Kier alpha value is -2.85. The van der Waals surface area contributed by atoms with Gasteiger partial charge in [0.05, 0.1) is 27.0 Å². The van der Waals surface area contributed by atoms with Crippen LogP contribution in [0.4, 0.5) is 10.1 Å². The number of anilines is 1. The summed E-state index contributed by atoms with van der Waals surface area (Å²) < 4.78 is 40.1. The van der Waals surface area contributed by atoms with Crippen molar-refractivity contribution in [3.05, 3.63) is 98.7 Å². The lowest BCUT2D eigenvalue weighted by atomic mass is 10.0. The number of benzene rings is 3. The second-order valence-corrected chi connectivity index (χ2v) is 11.9. The summed E-state index contributed by atoms with van der Waals surface area (Å²) in [7, 11) is -4.01. The second kappa shape index (κ2) is 13.5. The van der Waals surface area contributed by atoms with E-state index in [2.05, 4.69) is 5.32 Å². The van der Waals surface area contributed by atoms with Crippen LogP contribution in [0.3, 0.4) is 0 Å². The molecule has 7 nitrogen and oxygen atoms in total. The molecule has 0 fully saturated rings. The number of carbonyl (C=O) groups is 2. The Morgan fingerprint density at radius 3 is 2.21 bits per heavy atom. The van der Waals surface area contributed by atoms with E-state index in [0.29, 0.717) is 17.1 Å². The number of halogens is 4. The molecule has 1 N–H and O–H groups in total. The first-order valence-electron chi connectivity index (χ1n) is 11.9. The van der Waals surface area contributed by atoms with E-state index in [0.717, 1.165) is 28.3 Å². The normalized spacial score (nSPS) is 12.1. The average Bonchev–Trinajstić information content (AvgIpc) is 2.88. The maximum atomic E-state index is 13.9. The molecule has 3 aromatic rings. The summed E-state index contributed by atoms with van der Waals surface area (Å²) in [5.41, 5.74) is 1.38. The number of nitrogens with one attached hydrogen (secondary N) is 1. The van der Waals surface area contributed by atoms with Gasteiger partial charge in [-0.1, -0.05) is 71.2 Å². The molecule has 0 saturated heterocycles. The van der Waals surface area contributed by atoms with Crippen LogP contribution in [0.5, 0.6) is 0 Å². The predicted molar refractivity (Wildman–Crippen MR) is 153 cm³/mol. The van der Waals surface area contributed by atoms with Crippen molar-refractivity contribution in [2.45, 2.75) is 25.9 Å². The van der Waals surface area contributed by atoms with Crippen molar-refractivity contribution >= 4 is 62.3 Å². The van der Waals surface area contributed by atoms with Gasteiger partial charge in [0, 0.05) is 19.5 Å². The number of likely N-dealkylation sites (N-methyl/N-ethyl adjacent to an activating group) is 1. The zero-order valence-electron chi connectivity index (χ0n) is 21.2. The number of amides is 2. The third kappa shape index (κ3) is 8.32. The fraction of sp³-hybridized carbons (Fsp3) is 0.259. The Bertz CT molecular complexity index is 1440. The molecule has 0 radical (unpaired) electrons. The Balaban J connectivity index is 2.07. The molecule has 0 heterocycles. The maximum Gasteiger partial charge on any atom is 0.244 e. The molecule has 0 aliphatic carbocycles. The number of nitrogens with zero attached hydrogens (tertiary/aromatic N) is 2. The molecule has 39 heavy (non-hydrogen) atoms. The third-order valence-corrected chi connectivity index (χ3v) is 8.00. The summed E-state index contributed by atoms with van der Waals surface area (Å²) in [6.45, 7) is 1.35. The highest BCUT2D eigenvalue weighted by Crippen LogP contribution is 2.27. The zero-order valence-corrected chi connectivity index (χ0v) is 24.3. The smallest absolute Gasteiger partial charge is 0.244 e. The van der Waals surface area contributed by atoms with Gasteiger partial charge in [0.1, 0.15) is 18.4 Å². The summed E-state index contributed by atoms with van der Waals surface area (Å²) >= 11 is 18.2. The first-order chi connectivity index (χ1) is 18.4. The Kier molecular flexibility index (Phi) is 10.6. The van der Waals surface area contributed by atoms with Gasteiger partial charge in [0.25, 0.3) is 0 Å². The largest absolute Gasteiger partial charge is 0.355 e. The van der Waals surface area contributed by atoms with Gasteiger partial charge in [0.2, 0.25) is 21.8 Å². The van der Waals surface area contributed by atoms with E-state index in [1.807, 2.05) is 30.3 Å². The van der Waals surface area contributed by atoms with Gasteiger partial charge in [-0.25, -0.2) is 12.8 Å². The van der Waals surface area contributed by atoms with Crippen LogP contribution < -0.4 is 9.62 Å². The van der Waals surface area contributed by atoms with Gasteiger partial charge in [-0.2, -0.15) is 0 Å². The SMILES string of the molecule is CCNC(=O)C(Cc1ccccc1)N(Cc1ccc(Cl)c(Cl)c1)C(=O)CN(c1ccc(F)c(Cl)c1)S(C)(=O)=O. The molecule has 12 heteroatoms. The van der Waals surface area contributed by atoms with Crippen molar-refractivity contribution in [2.75, 3.05) is 23.7 Å². The predicted octanol–water partition coefficient (Wildman–Crippen LogP) is 5.33. The number of sulfonamides is 1. The summed E-state index contributed by atoms with van der Waals surface area (Å²) in [6, 6.07) is 16.3. The topological polar surface area (TPSA) is 86.8 Å². The first-order valence-corrected chi connectivity index (χ1v) is 14.9. The fourth-order valence-electron chi connectivity index (χ4n) is 3.93. The van der Waals surface area contributed by atoms with Crippen LogP contribution in [-0.2, 0) is 32.6 Å². The number of hydrogen-bond acceptors (Lipinski definition) is 4. The summed E-state index contributed by atoms with van der Waals surface area (Å²) in [6.07, 6.45) is 1.09. The highest BCUT2D eigenvalue weighted by molar-refractivity contribution is 7.92. The molecule has 208 valence electrons. The minimum absolute atomic E-state index is 0.00403. The molecule has 2 amide bonds. The standard InChI is InChI=1S/C27H27Cl3FN3O4S/c1-3-32-27(36)25(14-18-7-5-4-6-8-18)33(16-19-9-11-21(28)22(29)13-19)26(35)17-34(39(2,37)38)20-10-12-24(31)23(30)15-20/h4-13,15,25H,3,14,16-17H2,1-2H3,(H,32,36). The summed E-state index contributed by atoms with van der Waals surface area (Å²) in [5, 5.41) is 3.05. The first kappa shape index (κ1) is 30.7. The number of hydrogen-bond donors (Lipinski definition) is 1. The van der Waals surface area contributed by atoms with Crippen LogP contribution in [0.25, 0.3) is 0 Å². The van der Waals surface area contributed by atoms with Gasteiger partial charge in [-0.05, 0) is 48.4 Å². The lowest BCUT2D eigenvalue weighted by molar-refractivity contribution is -0.140. The van der Waals surface area contributed by atoms with Crippen molar-refractivity contribution < 1.29 is 22.4 Å². The van der Waals surface area contributed by atoms with Gasteiger partial charge >= 0.3 is 0 Å². The second-order valence-electron chi connectivity index (χ2n) is 8.74. The van der Waals surface area contributed by atoms with Crippen LogP contribution in [0.2, 0.25) is 15.1 Å². The minimum atomic E-state index is -4.01. The molecule has 0 saturated carbocycles. The molecule has 0 aliphatic heterocycles. The van der Waals surface area contributed by atoms with E-state index >= 15 is 0 Å². The van der Waals surface area contributed by atoms with E-state index in [1.165, 1.54) is 11.0 Å². The lowest BCUT2D eigenvalue weighted by Crippen LogP contribution is -2.53. The molecule has 3 rings (SSSR count). The highest BCUT2D eigenvalue weighted by Gasteiger charge is 2.33. The Labute approximate surface area is 242 Å². The molecule has 0 bridgehead atoms. The number of carbonyl (C=O) groups excluding carboxylic acids is 2. The van der Waals surface area contributed by atoms with Gasteiger partial charge < -0.3 is 10.2 Å². The van der Waals surface area contributed by atoms with Crippen LogP contribution in [0.15, 0.2) is 66.7 Å². The van der Waals surface area contributed by atoms with Crippen LogP contribution in [0, 0.1) is 5.82 Å². The molecule has 0 spiro atoms. The minimum Gasteiger partial charge on any atom is -0.355 e. The molecule has 1 unspecified atom stereocenters. The van der Waals surface area contributed by atoms with Crippen LogP contribution >= 0.6 is 34.8 Å². The van der Waals surface area contributed by atoms with Crippen molar-refractivity contribution in [1.29, 1.82) is 0 Å². The maximum absolute atomic E-state index is 13.9. The molecule has 3 aromatic carbocycles. The molecular formula is C27H27Cl3FN3O4S. The van der Waals surface area contributed by atoms with Gasteiger partial charge in [0.15, 0.2) is 0 Å². The fourth-order valence-corrected chi connectivity index (χ4v) is 5.27. The van der Waals surface area contributed by atoms with Crippen molar-refractivity contribution in [3.8, 4) is 0 Å².